The maximum Gasteiger partial charge on any atom is 0.139 e. The predicted octanol–water partition coefficient (Wildman–Crippen LogP) is 5.23. The van der Waals surface area contributed by atoms with Crippen molar-refractivity contribution in [2.45, 2.75) is 32.3 Å². The van der Waals surface area contributed by atoms with Gasteiger partial charge in [-0.2, -0.15) is 0 Å². The Balaban J connectivity index is 0.00000324. The molecule has 0 amide bonds. The summed E-state index contributed by atoms with van der Waals surface area (Å²) in [6, 6.07) is 3.46. The lowest BCUT2D eigenvalue weighted by atomic mass is 10.1. The van der Waals surface area contributed by atoms with Gasteiger partial charge in [-0.25, -0.2) is 0 Å². The van der Waals surface area contributed by atoms with Crippen LogP contribution in [0.3, 0.4) is 0 Å². The Labute approximate surface area is 136 Å². The third kappa shape index (κ3) is 5.97. The fourth-order valence-electron chi connectivity index (χ4n) is 1.67. The van der Waals surface area contributed by atoms with Gasteiger partial charge < -0.3 is 10.1 Å². The highest BCUT2D eigenvalue weighted by molar-refractivity contribution is 6.48. The van der Waals surface area contributed by atoms with E-state index in [1.165, 1.54) is 0 Å². The molecule has 0 saturated carbocycles. The molecule has 1 aromatic rings. The summed E-state index contributed by atoms with van der Waals surface area (Å²) >= 11 is 18.0. The van der Waals surface area contributed by atoms with E-state index in [-0.39, 0.29) is 18.5 Å². The van der Waals surface area contributed by atoms with Crippen molar-refractivity contribution in [3.63, 3.8) is 0 Å². The van der Waals surface area contributed by atoms with E-state index in [9.17, 15) is 0 Å². The van der Waals surface area contributed by atoms with E-state index in [0.29, 0.717) is 20.8 Å². The van der Waals surface area contributed by atoms with Crippen molar-refractivity contribution in [2.75, 3.05) is 13.6 Å². The van der Waals surface area contributed by atoms with Crippen molar-refractivity contribution in [2.24, 2.45) is 0 Å². The number of ether oxygens (including phenoxy) is 1. The van der Waals surface area contributed by atoms with Crippen LogP contribution in [-0.4, -0.2) is 19.7 Å². The number of halogens is 4. The van der Waals surface area contributed by atoms with Gasteiger partial charge in [0.25, 0.3) is 0 Å². The van der Waals surface area contributed by atoms with Crippen LogP contribution in [0.15, 0.2) is 12.1 Å². The fourth-order valence-corrected chi connectivity index (χ4v) is 2.24. The Bertz CT molecular complexity index is 387. The van der Waals surface area contributed by atoms with E-state index in [2.05, 4.69) is 12.2 Å². The summed E-state index contributed by atoms with van der Waals surface area (Å²) in [6.45, 7) is 3.04. The first-order valence-corrected chi connectivity index (χ1v) is 7.18. The highest BCUT2D eigenvalue weighted by Gasteiger charge is 2.14. The zero-order chi connectivity index (χ0) is 13.5. The van der Waals surface area contributed by atoms with Crippen LogP contribution in [-0.2, 0) is 0 Å². The summed E-state index contributed by atoms with van der Waals surface area (Å²) in [5, 5.41) is 4.29. The van der Waals surface area contributed by atoms with E-state index in [4.69, 9.17) is 39.5 Å². The molecule has 19 heavy (non-hydrogen) atoms. The van der Waals surface area contributed by atoms with Crippen LogP contribution >= 0.6 is 47.2 Å². The number of hydrogen-bond donors (Lipinski definition) is 1. The van der Waals surface area contributed by atoms with Gasteiger partial charge in [-0.3, -0.25) is 0 Å². The van der Waals surface area contributed by atoms with Crippen LogP contribution in [0.4, 0.5) is 0 Å². The van der Waals surface area contributed by atoms with Gasteiger partial charge >= 0.3 is 0 Å². The van der Waals surface area contributed by atoms with Crippen LogP contribution in [0.2, 0.25) is 15.1 Å². The average Bonchev–Trinajstić information content (AvgIpc) is 2.36. The molecule has 0 spiro atoms. The van der Waals surface area contributed by atoms with Crippen LogP contribution < -0.4 is 10.1 Å². The Hall–Kier alpha value is 0.140. The highest BCUT2D eigenvalue weighted by Crippen LogP contribution is 2.37. The summed E-state index contributed by atoms with van der Waals surface area (Å²) in [5.41, 5.74) is 0. The molecule has 0 saturated heterocycles. The van der Waals surface area contributed by atoms with Crippen LogP contribution in [0, 0.1) is 0 Å². The summed E-state index contributed by atoms with van der Waals surface area (Å²) < 4.78 is 5.91. The minimum Gasteiger partial charge on any atom is -0.489 e. The Morgan fingerprint density at radius 3 is 2.42 bits per heavy atom. The second kappa shape index (κ2) is 9.95. The van der Waals surface area contributed by atoms with Crippen LogP contribution in [0.1, 0.15) is 26.2 Å². The first kappa shape index (κ1) is 19.1. The van der Waals surface area contributed by atoms with Crippen molar-refractivity contribution in [3.8, 4) is 5.75 Å². The molecule has 0 fully saturated rings. The molecule has 0 unspecified atom stereocenters. The largest absolute Gasteiger partial charge is 0.489 e. The van der Waals surface area contributed by atoms with Crippen molar-refractivity contribution in [1.82, 2.24) is 5.32 Å². The SMILES string of the molecule is CCC[C@@H](CCNC)Oc1ccc(Cl)c(Cl)c1Cl.Cl. The van der Waals surface area contributed by atoms with E-state index in [0.717, 1.165) is 25.8 Å². The molecule has 0 heterocycles. The second-order valence-electron chi connectivity index (χ2n) is 4.09. The third-order valence-electron chi connectivity index (χ3n) is 2.62. The summed E-state index contributed by atoms with van der Waals surface area (Å²) in [5.74, 6) is 0.598. The number of benzene rings is 1. The molecule has 1 atom stereocenters. The van der Waals surface area contributed by atoms with Crippen LogP contribution in [0.25, 0.3) is 0 Å². The predicted molar refractivity (Wildman–Crippen MR) is 86.6 cm³/mol. The lowest BCUT2D eigenvalue weighted by Gasteiger charge is -2.19. The molecule has 1 aromatic carbocycles. The van der Waals surface area contributed by atoms with Gasteiger partial charge in [0.05, 0.1) is 16.1 Å². The monoisotopic (exact) mass is 345 g/mol. The molecule has 110 valence electrons. The van der Waals surface area contributed by atoms with Gasteiger partial charge in [-0.05, 0) is 38.6 Å². The molecule has 0 aromatic heterocycles. The molecule has 0 radical (unpaired) electrons. The number of nitrogens with one attached hydrogen (secondary N) is 1. The molecule has 0 bridgehead atoms. The Morgan fingerprint density at radius 2 is 1.84 bits per heavy atom. The maximum atomic E-state index is 6.12. The van der Waals surface area contributed by atoms with Crippen LogP contribution in [0.5, 0.6) is 5.75 Å². The molecule has 0 aliphatic rings. The summed E-state index contributed by atoms with van der Waals surface area (Å²) in [6.07, 6.45) is 3.11. The highest BCUT2D eigenvalue weighted by atomic mass is 35.5. The standard InChI is InChI=1S/C13H18Cl3NO.ClH/c1-3-4-9(7-8-17-2)18-11-6-5-10(14)12(15)13(11)16;/h5-6,9,17H,3-4,7-8H2,1-2H3;1H/t9-;/m0./s1. The van der Waals surface area contributed by atoms with Gasteiger partial charge in [0.2, 0.25) is 0 Å². The van der Waals surface area contributed by atoms with E-state index < -0.39 is 0 Å². The minimum atomic E-state index is 0. The normalized spacial score (nSPS) is 11.8. The maximum absolute atomic E-state index is 6.12. The molecule has 1 N–H and O–H groups in total. The zero-order valence-electron chi connectivity index (χ0n) is 11.0. The number of hydrogen-bond acceptors (Lipinski definition) is 2. The van der Waals surface area contributed by atoms with Gasteiger partial charge in [0, 0.05) is 0 Å². The Morgan fingerprint density at radius 1 is 1.16 bits per heavy atom. The molecule has 6 heteroatoms. The van der Waals surface area contributed by atoms with Gasteiger partial charge in [-0.15, -0.1) is 12.4 Å². The van der Waals surface area contributed by atoms with E-state index in [1.54, 1.807) is 12.1 Å². The first-order valence-electron chi connectivity index (χ1n) is 6.04. The topological polar surface area (TPSA) is 21.3 Å². The van der Waals surface area contributed by atoms with E-state index in [1.807, 2.05) is 7.05 Å². The van der Waals surface area contributed by atoms with Crippen molar-refractivity contribution in [1.29, 1.82) is 0 Å². The lowest BCUT2D eigenvalue weighted by Crippen LogP contribution is -2.22. The summed E-state index contributed by atoms with van der Waals surface area (Å²) in [4.78, 5) is 0. The van der Waals surface area contributed by atoms with Crippen molar-refractivity contribution in [3.05, 3.63) is 27.2 Å². The Kier molecular flexibility index (Phi) is 10.0. The van der Waals surface area contributed by atoms with Gasteiger partial charge in [0.15, 0.2) is 0 Å². The van der Waals surface area contributed by atoms with E-state index >= 15 is 0 Å². The molecule has 1 rings (SSSR count). The minimum absolute atomic E-state index is 0. The molecule has 0 aliphatic carbocycles. The first-order chi connectivity index (χ1) is 8.60. The zero-order valence-corrected chi connectivity index (χ0v) is 14.1. The molecular formula is C13H19Cl4NO. The van der Waals surface area contributed by atoms with Gasteiger partial charge in [0.1, 0.15) is 10.8 Å². The fraction of sp³-hybridized carbons (Fsp3) is 0.538. The lowest BCUT2D eigenvalue weighted by molar-refractivity contribution is 0.180. The molecule has 2 nitrogen and oxygen atoms in total. The number of rotatable bonds is 7. The summed E-state index contributed by atoms with van der Waals surface area (Å²) in [7, 11) is 1.93. The third-order valence-corrected chi connectivity index (χ3v) is 3.90. The van der Waals surface area contributed by atoms with Gasteiger partial charge in [-0.1, -0.05) is 48.1 Å². The second-order valence-corrected chi connectivity index (χ2v) is 5.26. The van der Waals surface area contributed by atoms with Crippen molar-refractivity contribution < 1.29 is 4.74 Å². The quantitative estimate of drug-likeness (QED) is 0.683. The average molecular weight is 347 g/mol. The molecular weight excluding hydrogens is 328 g/mol. The van der Waals surface area contributed by atoms with Crippen molar-refractivity contribution >= 4 is 47.2 Å². The smallest absolute Gasteiger partial charge is 0.139 e. The molecule has 0 aliphatic heterocycles.